The summed E-state index contributed by atoms with van der Waals surface area (Å²) < 4.78 is 3.67. The normalized spacial score (nSPS) is 14.5. The molecular weight excluding hydrogens is 336 g/mol. The molecule has 0 bridgehead atoms. The lowest BCUT2D eigenvalue weighted by Crippen LogP contribution is -2.19. The molecule has 27 heavy (non-hydrogen) atoms. The molecule has 5 nitrogen and oxygen atoms in total. The summed E-state index contributed by atoms with van der Waals surface area (Å²) in [5.41, 5.74) is 2.46. The van der Waals surface area contributed by atoms with Gasteiger partial charge in [-0.3, -0.25) is 4.79 Å². The summed E-state index contributed by atoms with van der Waals surface area (Å²) in [5.74, 6) is 2.35. The van der Waals surface area contributed by atoms with Crippen LogP contribution in [0.4, 0.5) is 0 Å². The number of benzene rings is 1. The van der Waals surface area contributed by atoms with Crippen molar-refractivity contribution in [1.82, 2.24) is 19.3 Å². The van der Waals surface area contributed by atoms with Crippen molar-refractivity contribution in [2.45, 2.75) is 57.9 Å². The van der Waals surface area contributed by atoms with E-state index in [0.29, 0.717) is 18.9 Å². The maximum Gasteiger partial charge on any atom is 0.250 e. The standard InChI is InChI=1S/C22H26N4O/c1-22(2,3)17-9-11-18(12-10-17)26-19(23-21(24-26)16-7-8-16)13-15-25-14-5-4-6-20(25)27/h4-6,9-12,14,16H,7-8,13,15H2,1-3H3. The molecular formula is C22H26N4O. The monoisotopic (exact) mass is 362 g/mol. The summed E-state index contributed by atoms with van der Waals surface area (Å²) in [5, 5.41) is 4.79. The van der Waals surface area contributed by atoms with E-state index in [1.807, 2.05) is 16.9 Å². The predicted octanol–water partition coefficient (Wildman–Crippen LogP) is 3.85. The van der Waals surface area contributed by atoms with Crippen LogP contribution in [-0.4, -0.2) is 19.3 Å². The van der Waals surface area contributed by atoms with Crippen LogP contribution < -0.4 is 5.56 Å². The van der Waals surface area contributed by atoms with Crippen molar-refractivity contribution in [3.05, 3.63) is 76.2 Å². The molecule has 0 aliphatic heterocycles. The third-order valence-corrected chi connectivity index (χ3v) is 5.09. The third kappa shape index (κ3) is 3.87. The van der Waals surface area contributed by atoms with E-state index < -0.39 is 0 Å². The van der Waals surface area contributed by atoms with Crippen molar-refractivity contribution in [3.63, 3.8) is 0 Å². The summed E-state index contributed by atoms with van der Waals surface area (Å²) >= 11 is 0. The van der Waals surface area contributed by atoms with E-state index in [2.05, 4.69) is 45.0 Å². The molecule has 2 aromatic heterocycles. The van der Waals surface area contributed by atoms with Crippen molar-refractivity contribution in [1.29, 1.82) is 0 Å². The van der Waals surface area contributed by atoms with Crippen LogP contribution in [-0.2, 0) is 18.4 Å². The van der Waals surface area contributed by atoms with E-state index in [-0.39, 0.29) is 11.0 Å². The smallest absolute Gasteiger partial charge is 0.250 e. The molecule has 2 heterocycles. The number of hydrogen-bond donors (Lipinski definition) is 0. The highest BCUT2D eigenvalue weighted by Crippen LogP contribution is 2.38. The minimum Gasteiger partial charge on any atom is -0.315 e. The Bertz CT molecular complexity index is 988. The number of nitrogens with zero attached hydrogens (tertiary/aromatic N) is 4. The van der Waals surface area contributed by atoms with Gasteiger partial charge in [-0.1, -0.05) is 39.0 Å². The average Bonchev–Trinajstić information content (AvgIpc) is 3.40. The Kier molecular flexibility index (Phi) is 4.46. The Morgan fingerprint density at radius 3 is 2.44 bits per heavy atom. The van der Waals surface area contributed by atoms with Crippen LogP contribution in [0.5, 0.6) is 0 Å². The first kappa shape index (κ1) is 17.7. The van der Waals surface area contributed by atoms with Crippen LogP contribution >= 0.6 is 0 Å². The van der Waals surface area contributed by atoms with Gasteiger partial charge in [0.15, 0.2) is 5.82 Å². The van der Waals surface area contributed by atoms with Gasteiger partial charge in [-0.2, -0.15) is 5.10 Å². The minimum absolute atomic E-state index is 0.0144. The number of pyridine rings is 1. The van der Waals surface area contributed by atoms with Gasteiger partial charge in [0.2, 0.25) is 0 Å². The Morgan fingerprint density at radius 1 is 1.07 bits per heavy atom. The highest BCUT2D eigenvalue weighted by Gasteiger charge is 2.29. The van der Waals surface area contributed by atoms with Crippen molar-refractivity contribution >= 4 is 0 Å². The molecule has 0 spiro atoms. The molecule has 1 aromatic carbocycles. The summed E-state index contributed by atoms with van der Waals surface area (Å²) in [6.07, 6.45) is 4.84. The number of aromatic nitrogens is 4. The molecule has 3 aromatic rings. The first-order chi connectivity index (χ1) is 12.9. The highest BCUT2D eigenvalue weighted by molar-refractivity contribution is 5.37. The molecule has 5 heteroatoms. The van der Waals surface area contributed by atoms with Gasteiger partial charge < -0.3 is 4.57 Å². The maximum atomic E-state index is 12.0. The van der Waals surface area contributed by atoms with E-state index in [1.165, 1.54) is 18.4 Å². The quantitative estimate of drug-likeness (QED) is 0.693. The number of rotatable bonds is 5. The second-order valence-electron chi connectivity index (χ2n) is 8.35. The zero-order chi connectivity index (χ0) is 19.0. The van der Waals surface area contributed by atoms with Crippen molar-refractivity contribution < 1.29 is 0 Å². The molecule has 140 valence electrons. The first-order valence-electron chi connectivity index (χ1n) is 9.64. The molecule has 1 aliphatic carbocycles. The molecule has 0 atom stereocenters. The largest absolute Gasteiger partial charge is 0.315 e. The topological polar surface area (TPSA) is 52.7 Å². The maximum absolute atomic E-state index is 12.0. The number of aryl methyl sites for hydroxylation is 2. The Balaban J connectivity index is 1.63. The Labute approximate surface area is 159 Å². The fourth-order valence-electron chi connectivity index (χ4n) is 3.21. The summed E-state index contributed by atoms with van der Waals surface area (Å²) in [4.78, 5) is 16.8. The lowest BCUT2D eigenvalue weighted by molar-refractivity contribution is 0.589. The van der Waals surface area contributed by atoms with Gasteiger partial charge in [0.25, 0.3) is 5.56 Å². The van der Waals surface area contributed by atoms with E-state index in [4.69, 9.17) is 10.1 Å². The molecule has 1 aliphatic rings. The van der Waals surface area contributed by atoms with Gasteiger partial charge >= 0.3 is 0 Å². The van der Waals surface area contributed by atoms with Crippen molar-refractivity contribution in [2.75, 3.05) is 0 Å². The fourth-order valence-corrected chi connectivity index (χ4v) is 3.21. The van der Waals surface area contributed by atoms with Crippen molar-refractivity contribution in [3.8, 4) is 5.69 Å². The Morgan fingerprint density at radius 2 is 1.81 bits per heavy atom. The minimum atomic E-state index is 0.0144. The summed E-state index contributed by atoms with van der Waals surface area (Å²) in [6.45, 7) is 7.24. The molecule has 0 unspecified atom stereocenters. The SMILES string of the molecule is CC(C)(C)c1ccc(-n2nc(C3CC3)nc2CCn2ccccc2=O)cc1. The summed E-state index contributed by atoms with van der Waals surface area (Å²) in [6, 6.07) is 13.8. The zero-order valence-corrected chi connectivity index (χ0v) is 16.2. The highest BCUT2D eigenvalue weighted by atomic mass is 16.1. The van der Waals surface area contributed by atoms with E-state index >= 15 is 0 Å². The van der Waals surface area contributed by atoms with Gasteiger partial charge in [0, 0.05) is 31.1 Å². The van der Waals surface area contributed by atoms with Gasteiger partial charge in [-0.25, -0.2) is 9.67 Å². The molecule has 0 amide bonds. The predicted molar refractivity (Wildman–Crippen MR) is 106 cm³/mol. The van der Waals surface area contributed by atoms with Crippen LogP contribution in [0.25, 0.3) is 5.69 Å². The lowest BCUT2D eigenvalue weighted by Gasteiger charge is -2.19. The van der Waals surface area contributed by atoms with E-state index in [0.717, 1.165) is 17.3 Å². The van der Waals surface area contributed by atoms with E-state index in [9.17, 15) is 4.79 Å². The lowest BCUT2D eigenvalue weighted by atomic mass is 9.87. The molecule has 0 radical (unpaired) electrons. The van der Waals surface area contributed by atoms with Crippen LogP contribution in [0.1, 0.15) is 56.7 Å². The molecule has 1 saturated carbocycles. The molecule has 1 fully saturated rings. The summed E-state index contributed by atoms with van der Waals surface area (Å²) in [7, 11) is 0. The molecule has 0 saturated heterocycles. The van der Waals surface area contributed by atoms with Crippen LogP contribution in [0.3, 0.4) is 0 Å². The average molecular weight is 362 g/mol. The van der Waals surface area contributed by atoms with Gasteiger partial charge in [0.1, 0.15) is 5.82 Å². The zero-order valence-electron chi connectivity index (χ0n) is 16.2. The second kappa shape index (κ2) is 6.80. The van der Waals surface area contributed by atoms with Gasteiger partial charge in [-0.15, -0.1) is 0 Å². The molecule has 4 rings (SSSR count). The van der Waals surface area contributed by atoms with Gasteiger partial charge in [-0.05, 0) is 42.0 Å². The fraction of sp³-hybridized carbons (Fsp3) is 0.409. The van der Waals surface area contributed by atoms with Gasteiger partial charge in [0.05, 0.1) is 5.69 Å². The number of hydrogen-bond acceptors (Lipinski definition) is 3. The Hall–Kier alpha value is -2.69. The van der Waals surface area contributed by atoms with Crippen LogP contribution in [0.2, 0.25) is 0 Å². The first-order valence-corrected chi connectivity index (χ1v) is 9.64. The van der Waals surface area contributed by atoms with E-state index in [1.54, 1.807) is 16.7 Å². The molecule has 0 N–H and O–H groups in total. The van der Waals surface area contributed by atoms with Crippen LogP contribution in [0.15, 0.2) is 53.5 Å². The van der Waals surface area contributed by atoms with Crippen molar-refractivity contribution in [2.24, 2.45) is 0 Å². The second-order valence-corrected chi connectivity index (χ2v) is 8.35. The van der Waals surface area contributed by atoms with Crippen LogP contribution in [0, 0.1) is 0 Å². The third-order valence-electron chi connectivity index (χ3n) is 5.09.